The van der Waals surface area contributed by atoms with Gasteiger partial charge in [-0.05, 0) is 56.8 Å². The zero-order valence-electron chi connectivity index (χ0n) is 13.8. The first-order valence-corrected chi connectivity index (χ1v) is 8.31. The molecule has 0 radical (unpaired) electrons. The second-order valence-electron chi connectivity index (χ2n) is 7.01. The van der Waals surface area contributed by atoms with Crippen molar-refractivity contribution >= 4 is 0 Å². The Bertz CT molecular complexity index is 624. The molecule has 1 saturated heterocycles. The molecule has 1 aromatic carbocycles. The number of rotatable bonds is 2. The average Bonchev–Trinajstić information content (AvgIpc) is 2.57. The summed E-state index contributed by atoms with van der Waals surface area (Å²) in [6.07, 6.45) is 9.44. The third-order valence-electron chi connectivity index (χ3n) is 6.25. The van der Waals surface area contributed by atoms with Crippen molar-refractivity contribution in [2.24, 2.45) is 5.92 Å². The van der Waals surface area contributed by atoms with Gasteiger partial charge in [0.05, 0.1) is 14.2 Å². The van der Waals surface area contributed by atoms with Gasteiger partial charge in [0.25, 0.3) is 0 Å². The summed E-state index contributed by atoms with van der Waals surface area (Å²) in [6.45, 7) is 1.18. The van der Waals surface area contributed by atoms with E-state index in [2.05, 4.69) is 36.2 Å². The van der Waals surface area contributed by atoms with Gasteiger partial charge in [-0.3, -0.25) is 0 Å². The van der Waals surface area contributed by atoms with Gasteiger partial charge in [-0.15, -0.1) is 0 Å². The first-order chi connectivity index (χ1) is 10.7. The first-order valence-electron chi connectivity index (χ1n) is 8.31. The van der Waals surface area contributed by atoms with E-state index in [1.807, 2.05) is 0 Å². The molecule has 2 bridgehead atoms. The molecule has 3 atom stereocenters. The Kier molecular flexibility index (Phi) is 3.23. The molecule has 0 N–H and O–H groups in total. The van der Waals surface area contributed by atoms with Crippen molar-refractivity contribution in [3.8, 4) is 11.5 Å². The van der Waals surface area contributed by atoms with E-state index in [9.17, 15) is 0 Å². The van der Waals surface area contributed by atoms with Crippen molar-refractivity contribution in [1.82, 2.24) is 4.90 Å². The van der Waals surface area contributed by atoms with Crippen molar-refractivity contribution in [3.63, 3.8) is 0 Å². The van der Waals surface area contributed by atoms with E-state index >= 15 is 0 Å². The van der Waals surface area contributed by atoms with Crippen LogP contribution in [0.4, 0.5) is 0 Å². The summed E-state index contributed by atoms with van der Waals surface area (Å²) in [5.74, 6) is 2.55. The summed E-state index contributed by atoms with van der Waals surface area (Å²) >= 11 is 0. The van der Waals surface area contributed by atoms with E-state index in [-0.39, 0.29) is 5.41 Å². The standard InChI is InChI=1S/C19H25NO2/c1-20-11-10-19-9-5-4-6-14(19)15(20)12-13-7-8-16(21-2)18(22-3)17(13)19/h4-5,7-8,14-15H,6,9-12H2,1-3H3/t14-,15-,19-/m1/s1. The maximum atomic E-state index is 5.83. The largest absolute Gasteiger partial charge is 0.493 e. The lowest BCUT2D eigenvalue weighted by Crippen LogP contribution is -2.59. The SMILES string of the molecule is COc1ccc2c(c1OC)[C@@]13CC=CC[C@@H]1[C@@H](C2)N(C)CC3. The zero-order chi connectivity index (χ0) is 15.3. The van der Waals surface area contributed by atoms with Crippen molar-refractivity contribution in [3.05, 3.63) is 35.4 Å². The molecule has 2 aliphatic carbocycles. The average molecular weight is 299 g/mol. The zero-order valence-corrected chi connectivity index (χ0v) is 13.8. The third kappa shape index (κ3) is 1.72. The number of methoxy groups -OCH3 is 2. The van der Waals surface area contributed by atoms with Gasteiger partial charge in [0, 0.05) is 17.0 Å². The Balaban J connectivity index is 1.97. The number of piperidine rings is 1. The molecule has 3 nitrogen and oxygen atoms in total. The highest BCUT2D eigenvalue weighted by Crippen LogP contribution is 2.57. The second kappa shape index (κ2) is 5.02. The number of hydrogen-bond donors (Lipinski definition) is 0. The van der Waals surface area contributed by atoms with Crippen LogP contribution in [0, 0.1) is 5.92 Å². The van der Waals surface area contributed by atoms with Gasteiger partial charge < -0.3 is 14.4 Å². The fourth-order valence-electron chi connectivity index (χ4n) is 5.19. The van der Waals surface area contributed by atoms with Gasteiger partial charge in [0.15, 0.2) is 11.5 Å². The first kappa shape index (κ1) is 14.1. The predicted molar refractivity (Wildman–Crippen MR) is 87.8 cm³/mol. The van der Waals surface area contributed by atoms with Crippen LogP contribution in [0.5, 0.6) is 11.5 Å². The Labute approximate surface area is 132 Å². The van der Waals surface area contributed by atoms with Crippen LogP contribution < -0.4 is 9.47 Å². The summed E-state index contributed by atoms with van der Waals surface area (Å²) in [7, 11) is 5.81. The van der Waals surface area contributed by atoms with E-state index in [1.54, 1.807) is 14.2 Å². The van der Waals surface area contributed by atoms with E-state index in [1.165, 1.54) is 30.5 Å². The van der Waals surface area contributed by atoms with Crippen LogP contribution in [-0.4, -0.2) is 38.8 Å². The van der Waals surface area contributed by atoms with Crippen LogP contribution in [0.2, 0.25) is 0 Å². The molecule has 3 heteroatoms. The number of fused-ring (bicyclic) bond motifs is 1. The van der Waals surface area contributed by atoms with E-state index in [0.717, 1.165) is 24.3 Å². The smallest absolute Gasteiger partial charge is 0.164 e. The fourth-order valence-corrected chi connectivity index (χ4v) is 5.19. The van der Waals surface area contributed by atoms with Gasteiger partial charge in [0.2, 0.25) is 0 Å². The molecular weight excluding hydrogens is 274 g/mol. The van der Waals surface area contributed by atoms with Gasteiger partial charge >= 0.3 is 0 Å². The maximum Gasteiger partial charge on any atom is 0.164 e. The Hall–Kier alpha value is -1.48. The molecule has 118 valence electrons. The van der Waals surface area contributed by atoms with Crippen LogP contribution in [0.1, 0.15) is 30.4 Å². The van der Waals surface area contributed by atoms with Crippen molar-refractivity contribution < 1.29 is 9.47 Å². The number of nitrogens with zero attached hydrogens (tertiary/aromatic N) is 1. The molecule has 0 saturated carbocycles. The number of allylic oxidation sites excluding steroid dienone is 2. The molecule has 1 heterocycles. The molecule has 0 spiro atoms. The molecular formula is C19H25NO2. The third-order valence-corrected chi connectivity index (χ3v) is 6.25. The summed E-state index contributed by atoms with van der Waals surface area (Å²) in [5, 5.41) is 0. The van der Waals surface area contributed by atoms with Crippen molar-refractivity contribution in [1.29, 1.82) is 0 Å². The minimum atomic E-state index is 0.236. The Morgan fingerprint density at radius 1 is 1.18 bits per heavy atom. The van der Waals surface area contributed by atoms with E-state index < -0.39 is 0 Å². The van der Waals surface area contributed by atoms with Gasteiger partial charge in [-0.1, -0.05) is 18.2 Å². The van der Waals surface area contributed by atoms with Gasteiger partial charge in [-0.2, -0.15) is 0 Å². The monoisotopic (exact) mass is 299 g/mol. The minimum Gasteiger partial charge on any atom is -0.493 e. The molecule has 3 aliphatic rings. The Morgan fingerprint density at radius 2 is 2.05 bits per heavy atom. The molecule has 0 amide bonds. The second-order valence-corrected chi connectivity index (χ2v) is 7.01. The van der Waals surface area contributed by atoms with Crippen LogP contribution in [0.25, 0.3) is 0 Å². The van der Waals surface area contributed by atoms with Crippen LogP contribution in [0.3, 0.4) is 0 Å². The van der Waals surface area contributed by atoms with Crippen LogP contribution in [-0.2, 0) is 11.8 Å². The number of ether oxygens (including phenoxy) is 2. The van der Waals surface area contributed by atoms with Gasteiger partial charge in [0.1, 0.15) is 0 Å². The lowest BCUT2D eigenvalue weighted by atomic mass is 9.53. The highest BCUT2D eigenvalue weighted by Gasteiger charge is 2.53. The summed E-state index contributed by atoms with van der Waals surface area (Å²) < 4.78 is 11.4. The summed E-state index contributed by atoms with van der Waals surface area (Å²) in [5.41, 5.74) is 3.13. The van der Waals surface area contributed by atoms with Crippen LogP contribution in [0.15, 0.2) is 24.3 Å². The van der Waals surface area contributed by atoms with E-state index in [0.29, 0.717) is 12.0 Å². The van der Waals surface area contributed by atoms with Crippen molar-refractivity contribution in [2.75, 3.05) is 27.8 Å². The normalized spacial score (nSPS) is 33.0. The fraction of sp³-hybridized carbons (Fsp3) is 0.579. The molecule has 1 fully saturated rings. The number of likely N-dealkylation sites (N-methyl/N-ethyl adjacent to an activating group) is 1. The molecule has 0 aromatic heterocycles. The molecule has 1 aliphatic heterocycles. The quantitative estimate of drug-likeness (QED) is 0.783. The van der Waals surface area contributed by atoms with Crippen LogP contribution >= 0.6 is 0 Å². The van der Waals surface area contributed by atoms with E-state index in [4.69, 9.17) is 9.47 Å². The predicted octanol–water partition coefficient (Wildman–Crippen LogP) is 3.17. The highest BCUT2D eigenvalue weighted by atomic mass is 16.5. The number of likely N-dealkylation sites (tertiary alicyclic amines) is 1. The Morgan fingerprint density at radius 3 is 2.82 bits per heavy atom. The number of benzene rings is 1. The minimum absolute atomic E-state index is 0.236. The molecule has 0 unspecified atom stereocenters. The number of hydrogen-bond acceptors (Lipinski definition) is 3. The van der Waals surface area contributed by atoms with Crippen molar-refractivity contribution in [2.45, 2.75) is 37.1 Å². The lowest BCUT2D eigenvalue weighted by Gasteiger charge is -2.57. The summed E-state index contributed by atoms with van der Waals surface area (Å²) in [6, 6.07) is 4.99. The lowest BCUT2D eigenvalue weighted by molar-refractivity contribution is 0.0273. The maximum absolute atomic E-state index is 5.83. The van der Waals surface area contributed by atoms with Gasteiger partial charge in [-0.25, -0.2) is 0 Å². The highest BCUT2D eigenvalue weighted by molar-refractivity contribution is 5.57. The molecule has 1 aromatic rings. The molecule has 4 rings (SSSR count). The summed E-state index contributed by atoms with van der Waals surface area (Å²) in [4.78, 5) is 2.57. The molecule has 22 heavy (non-hydrogen) atoms. The topological polar surface area (TPSA) is 21.7 Å².